The normalized spacial score (nSPS) is 23.9. The molecule has 0 saturated carbocycles. The van der Waals surface area contributed by atoms with E-state index in [1.54, 1.807) is 0 Å². The molecule has 1 heterocycles. The number of aliphatic carboxylic acids is 1. The van der Waals surface area contributed by atoms with Gasteiger partial charge < -0.3 is 15.2 Å². The van der Waals surface area contributed by atoms with E-state index in [1.807, 2.05) is 20.8 Å². The lowest BCUT2D eigenvalue weighted by molar-refractivity contribution is -0.153. The summed E-state index contributed by atoms with van der Waals surface area (Å²) in [5.41, 5.74) is -1.31. The first-order valence-electron chi connectivity index (χ1n) is 6.99. The van der Waals surface area contributed by atoms with Gasteiger partial charge in [0.25, 0.3) is 0 Å². The van der Waals surface area contributed by atoms with Gasteiger partial charge in [0.2, 0.25) is 5.91 Å². The standard InChI is InChI=1S/C14H25NO4/c1-4-14(5-2,12(17)18)9-11(16)15-13(3)7-6-8-19-10-13/h4-10H2,1-3H3,(H,15,16)(H,17,18). The van der Waals surface area contributed by atoms with Crippen molar-refractivity contribution in [1.29, 1.82) is 0 Å². The number of carboxylic acid groups (broad SMARTS) is 1. The molecule has 2 N–H and O–H groups in total. The number of carbonyl (C=O) groups excluding carboxylic acids is 1. The number of ether oxygens (including phenoxy) is 1. The SMILES string of the molecule is CCC(CC)(CC(=O)NC1(C)CCCOC1)C(=O)O. The largest absolute Gasteiger partial charge is 0.481 e. The average Bonchev–Trinajstić information content (AvgIpc) is 2.36. The summed E-state index contributed by atoms with van der Waals surface area (Å²) >= 11 is 0. The Labute approximate surface area is 114 Å². The Balaban J connectivity index is 2.65. The van der Waals surface area contributed by atoms with Crippen molar-refractivity contribution >= 4 is 11.9 Å². The van der Waals surface area contributed by atoms with E-state index in [0.29, 0.717) is 19.4 Å². The van der Waals surface area contributed by atoms with Gasteiger partial charge in [0, 0.05) is 13.0 Å². The maximum Gasteiger partial charge on any atom is 0.310 e. The van der Waals surface area contributed by atoms with Gasteiger partial charge in [-0.25, -0.2) is 0 Å². The second-order valence-electron chi connectivity index (χ2n) is 5.73. The van der Waals surface area contributed by atoms with Crippen molar-refractivity contribution in [2.24, 2.45) is 5.41 Å². The fraction of sp³-hybridized carbons (Fsp3) is 0.857. The molecular formula is C14H25NO4. The topological polar surface area (TPSA) is 75.6 Å². The van der Waals surface area contributed by atoms with Crippen LogP contribution in [0.25, 0.3) is 0 Å². The lowest BCUT2D eigenvalue weighted by Gasteiger charge is -2.35. The van der Waals surface area contributed by atoms with Crippen LogP contribution in [-0.4, -0.2) is 35.7 Å². The highest BCUT2D eigenvalue weighted by molar-refractivity contribution is 5.85. The van der Waals surface area contributed by atoms with E-state index in [-0.39, 0.29) is 17.9 Å². The number of carbonyl (C=O) groups is 2. The van der Waals surface area contributed by atoms with Crippen LogP contribution in [0.5, 0.6) is 0 Å². The number of hydrogen-bond acceptors (Lipinski definition) is 3. The molecule has 0 radical (unpaired) electrons. The maximum absolute atomic E-state index is 12.1. The molecule has 5 heteroatoms. The molecule has 0 aromatic rings. The number of nitrogens with one attached hydrogen (secondary N) is 1. The van der Waals surface area contributed by atoms with E-state index in [9.17, 15) is 14.7 Å². The van der Waals surface area contributed by atoms with E-state index < -0.39 is 11.4 Å². The summed E-state index contributed by atoms with van der Waals surface area (Å²) < 4.78 is 5.39. The first-order valence-corrected chi connectivity index (χ1v) is 6.99. The number of hydrogen-bond donors (Lipinski definition) is 2. The van der Waals surface area contributed by atoms with Crippen LogP contribution in [0.15, 0.2) is 0 Å². The fourth-order valence-corrected chi connectivity index (χ4v) is 2.60. The number of rotatable bonds is 6. The molecule has 5 nitrogen and oxygen atoms in total. The second kappa shape index (κ2) is 6.37. The monoisotopic (exact) mass is 271 g/mol. The molecule has 0 aromatic heterocycles. The lowest BCUT2D eigenvalue weighted by Crippen LogP contribution is -2.52. The van der Waals surface area contributed by atoms with Crippen LogP contribution in [0, 0.1) is 5.41 Å². The summed E-state index contributed by atoms with van der Waals surface area (Å²) in [5, 5.41) is 12.3. The third-order valence-corrected chi connectivity index (χ3v) is 4.19. The Morgan fingerprint density at radius 1 is 1.37 bits per heavy atom. The first kappa shape index (κ1) is 16.0. The highest BCUT2D eigenvalue weighted by Crippen LogP contribution is 2.31. The number of amides is 1. The Bertz CT molecular complexity index is 330. The molecule has 0 bridgehead atoms. The van der Waals surface area contributed by atoms with Crippen LogP contribution >= 0.6 is 0 Å². The highest BCUT2D eigenvalue weighted by atomic mass is 16.5. The molecule has 19 heavy (non-hydrogen) atoms. The van der Waals surface area contributed by atoms with E-state index in [1.165, 1.54) is 0 Å². The summed E-state index contributed by atoms with van der Waals surface area (Å²) in [6.07, 6.45) is 2.74. The van der Waals surface area contributed by atoms with Gasteiger partial charge in [-0.15, -0.1) is 0 Å². The summed E-state index contributed by atoms with van der Waals surface area (Å²) in [5.74, 6) is -1.09. The first-order chi connectivity index (χ1) is 8.87. The van der Waals surface area contributed by atoms with Gasteiger partial charge in [-0.1, -0.05) is 13.8 Å². The zero-order chi connectivity index (χ0) is 14.5. The van der Waals surface area contributed by atoms with Crippen molar-refractivity contribution in [2.45, 2.75) is 58.4 Å². The van der Waals surface area contributed by atoms with Crippen LogP contribution in [-0.2, 0) is 14.3 Å². The zero-order valence-corrected chi connectivity index (χ0v) is 12.1. The van der Waals surface area contributed by atoms with Gasteiger partial charge in [0.1, 0.15) is 0 Å². The van der Waals surface area contributed by atoms with Crippen LogP contribution in [0.1, 0.15) is 52.9 Å². The van der Waals surface area contributed by atoms with Gasteiger partial charge in [-0.2, -0.15) is 0 Å². The average molecular weight is 271 g/mol. The molecule has 110 valence electrons. The van der Waals surface area contributed by atoms with Crippen molar-refractivity contribution < 1.29 is 19.4 Å². The van der Waals surface area contributed by atoms with Crippen LogP contribution < -0.4 is 5.32 Å². The minimum atomic E-state index is -0.948. The van der Waals surface area contributed by atoms with Crippen molar-refractivity contribution in [3.8, 4) is 0 Å². The molecule has 1 amide bonds. The number of carboxylic acids is 1. The van der Waals surface area contributed by atoms with Crippen molar-refractivity contribution in [2.75, 3.05) is 13.2 Å². The van der Waals surface area contributed by atoms with Gasteiger partial charge in [0.05, 0.1) is 17.6 Å². The van der Waals surface area contributed by atoms with Gasteiger partial charge in [0.15, 0.2) is 0 Å². The summed E-state index contributed by atoms with van der Waals surface area (Å²) in [6.45, 7) is 6.81. The molecule has 1 aliphatic heterocycles. The van der Waals surface area contributed by atoms with Crippen LogP contribution in [0.4, 0.5) is 0 Å². The van der Waals surface area contributed by atoms with Crippen molar-refractivity contribution in [1.82, 2.24) is 5.32 Å². The fourth-order valence-electron chi connectivity index (χ4n) is 2.60. The zero-order valence-electron chi connectivity index (χ0n) is 12.1. The molecule has 1 atom stereocenters. The van der Waals surface area contributed by atoms with E-state index in [4.69, 9.17) is 4.74 Å². The summed E-state index contributed by atoms with van der Waals surface area (Å²) in [6, 6.07) is 0. The molecule has 0 spiro atoms. The van der Waals surface area contributed by atoms with Crippen molar-refractivity contribution in [3.63, 3.8) is 0 Å². The lowest BCUT2D eigenvalue weighted by atomic mass is 9.78. The van der Waals surface area contributed by atoms with E-state index in [2.05, 4.69) is 5.32 Å². The second-order valence-corrected chi connectivity index (χ2v) is 5.73. The molecule has 1 rings (SSSR count). The Morgan fingerprint density at radius 2 is 2.00 bits per heavy atom. The van der Waals surface area contributed by atoms with Gasteiger partial charge in [-0.3, -0.25) is 9.59 Å². The Kier molecular flexibility index (Phi) is 5.35. The van der Waals surface area contributed by atoms with E-state index in [0.717, 1.165) is 19.4 Å². The predicted molar refractivity (Wildman–Crippen MR) is 71.9 cm³/mol. The molecule has 1 fully saturated rings. The summed E-state index contributed by atoms with van der Waals surface area (Å²) in [4.78, 5) is 23.5. The third kappa shape index (κ3) is 3.93. The molecule has 1 aliphatic rings. The summed E-state index contributed by atoms with van der Waals surface area (Å²) in [7, 11) is 0. The van der Waals surface area contributed by atoms with Crippen LogP contribution in [0.3, 0.4) is 0 Å². The quantitative estimate of drug-likeness (QED) is 0.774. The predicted octanol–water partition coefficient (Wildman–Crippen LogP) is 1.95. The van der Waals surface area contributed by atoms with Crippen molar-refractivity contribution in [3.05, 3.63) is 0 Å². The third-order valence-electron chi connectivity index (χ3n) is 4.19. The molecule has 0 aromatic carbocycles. The maximum atomic E-state index is 12.1. The van der Waals surface area contributed by atoms with Crippen LogP contribution in [0.2, 0.25) is 0 Å². The Morgan fingerprint density at radius 3 is 2.42 bits per heavy atom. The molecule has 0 aliphatic carbocycles. The Hall–Kier alpha value is -1.10. The van der Waals surface area contributed by atoms with Gasteiger partial charge >= 0.3 is 5.97 Å². The molecule has 1 unspecified atom stereocenters. The highest BCUT2D eigenvalue weighted by Gasteiger charge is 2.39. The minimum absolute atomic E-state index is 0.0327. The minimum Gasteiger partial charge on any atom is -0.481 e. The smallest absolute Gasteiger partial charge is 0.310 e. The molecule has 1 saturated heterocycles. The van der Waals surface area contributed by atoms with Gasteiger partial charge in [-0.05, 0) is 32.6 Å². The van der Waals surface area contributed by atoms with E-state index >= 15 is 0 Å². The molecular weight excluding hydrogens is 246 g/mol.